The number of ether oxygens (including phenoxy) is 3. The van der Waals surface area contributed by atoms with Gasteiger partial charge in [-0.1, -0.05) is 0 Å². The average molecular weight is 390 g/mol. The molecule has 0 unspecified atom stereocenters. The first-order chi connectivity index (χ1) is 13.5. The lowest BCUT2D eigenvalue weighted by Crippen LogP contribution is -2.15. The Morgan fingerprint density at radius 3 is 2.43 bits per heavy atom. The van der Waals surface area contributed by atoms with Gasteiger partial charge in [0, 0.05) is 6.07 Å². The van der Waals surface area contributed by atoms with E-state index in [1.54, 1.807) is 18.2 Å². The van der Waals surface area contributed by atoms with Crippen LogP contribution >= 0.6 is 0 Å². The fourth-order valence-electron chi connectivity index (χ4n) is 2.35. The number of rotatable bonds is 7. The Morgan fingerprint density at radius 1 is 1.07 bits per heavy atom. The van der Waals surface area contributed by atoms with E-state index in [1.165, 1.54) is 49.5 Å². The van der Waals surface area contributed by atoms with Crippen molar-refractivity contribution in [3.05, 3.63) is 54.6 Å². The number of anilines is 1. The zero-order valence-corrected chi connectivity index (χ0v) is 14.9. The number of nitrogens with zero attached hydrogens (tertiary/aromatic N) is 3. The van der Waals surface area contributed by atoms with Crippen LogP contribution in [0.15, 0.2) is 48.8 Å². The van der Waals surface area contributed by atoms with Crippen LogP contribution in [-0.4, -0.2) is 41.5 Å². The summed E-state index contributed by atoms with van der Waals surface area (Å²) in [6.45, 7) is -2.90. The molecule has 1 aromatic heterocycles. The van der Waals surface area contributed by atoms with Gasteiger partial charge >= 0.3 is 6.61 Å². The van der Waals surface area contributed by atoms with Crippen LogP contribution in [0.4, 0.5) is 14.5 Å². The van der Waals surface area contributed by atoms with E-state index >= 15 is 0 Å². The number of hydrogen-bond donors (Lipinski definition) is 1. The molecule has 1 N–H and O–H groups in total. The van der Waals surface area contributed by atoms with Crippen molar-refractivity contribution in [3.8, 4) is 22.9 Å². The molecule has 0 saturated heterocycles. The van der Waals surface area contributed by atoms with Gasteiger partial charge in [0.25, 0.3) is 5.91 Å². The van der Waals surface area contributed by atoms with E-state index in [0.717, 1.165) is 0 Å². The molecule has 1 amide bonds. The van der Waals surface area contributed by atoms with Crippen LogP contribution < -0.4 is 19.5 Å². The van der Waals surface area contributed by atoms with Crippen LogP contribution in [0.25, 0.3) is 5.69 Å². The van der Waals surface area contributed by atoms with Gasteiger partial charge in [-0.05, 0) is 36.4 Å². The van der Waals surface area contributed by atoms with Gasteiger partial charge in [0.1, 0.15) is 23.6 Å². The highest BCUT2D eigenvalue weighted by molar-refractivity contribution is 6.02. The fourth-order valence-corrected chi connectivity index (χ4v) is 2.35. The number of methoxy groups -OCH3 is 2. The summed E-state index contributed by atoms with van der Waals surface area (Å²) in [5, 5.41) is 6.76. The molecule has 0 bridgehead atoms. The van der Waals surface area contributed by atoms with Crippen LogP contribution in [-0.2, 0) is 0 Å². The van der Waals surface area contributed by atoms with Gasteiger partial charge in [-0.2, -0.15) is 8.78 Å². The molecule has 146 valence electrons. The lowest BCUT2D eigenvalue weighted by Gasteiger charge is -2.10. The van der Waals surface area contributed by atoms with Crippen LogP contribution in [0.5, 0.6) is 17.2 Å². The molecule has 0 aliphatic carbocycles. The third-order valence-electron chi connectivity index (χ3n) is 3.68. The lowest BCUT2D eigenvalue weighted by atomic mass is 10.2. The van der Waals surface area contributed by atoms with Gasteiger partial charge in [-0.25, -0.2) is 9.67 Å². The Morgan fingerprint density at radius 2 is 1.79 bits per heavy atom. The molecule has 3 aromatic rings. The molecular weight excluding hydrogens is 374 g/mol. The van der Waals surface area contributed by atoms with Crippen LogP contribution in [0.3, 0.4) is 0 Å². The number of benzene rings is 2. The Hall–Kier alpha value is -3.69. The maximum absolute atomic E-state index is 12.4. The first kappa shape index (κ1) is 19.1. The molecule has 0 aliphatic heterocycles. The van der Waals surface area contributed by atoms with Gasteiger partial charge in [0.15, 0.2) is 0 Å². The second-order valence-corrected chi connectivity index (χ2v) is 5.41. The standard InChI is InChI=1S/C18H16F2N4O4/c1-26-13-7-8-14(15(9-13)27-2)22-17(25)16-21-10-24(23-16)11-3-5-12(6-4-11)28-18(19)20/h3-10,18H,1-2H3,(H,22,25). The Kier molecular flexibility index (Phi) is 5.68. The number of alkyl halides is 2. The topological polar surface area (TPSA) is 87.5 Å². The third kappa shape index (κ3) is 4.34. The Labute approximate surface area is 158 Å². The molecule has 10 heteroatoms. The number of halogens is 2. The van der Waals surface area contributed by atoms with Crippen molar-refractivity contribution in [2.45, 2.75) is 6.61 Å². The number of amides is 1. The summed E-state index contributed by atoms with van der Waals surface area (Å²) < 4.78 is 40.4. The quantitative estimate of drug-likeness (QED) is 0.667. The zero-order valence-electron chi connectivity index (χ0n) is 14.9. The first-order valence-electron chi connectivity index (χ1n) is 8.00. The molecule has 2 aromatic carbocycles. The summed E-state index contributed by atoms with van der Waals surface area (Å²) in [5.41, 5.74) is 0.952. The number of nitrogens with one attached hydrogen (secondary N) is 1. The summed E-state index contributed by atoms with van der Waals surface area (Å²) in [5.74, 6) is 0.396. The van der Waals surface area contributed by atoms with E-state index in [4.69, 9.17) is 9.47 Å². The summed E-state index contributed by atoms with van der Waals surface area (Å²) >= 11 is 0. The molecule has 28 heavy (non-hydrogen) atoms. The fraction of sp³-hybridized carbons (Fsp3) is 0.167. The molecule has 1 heterocycles. The van der Waals surface area contributed by atoms with E-state index in [1.807, 2.05) is 0 Å². The van der Waals surface area contributed by atoms with Crippen molar-refractivity contribution in [1.82, 2.24) is 14.8 Å². The normalized spacial score (nSPS) is 10.6. The number of carbonyl (C=O) groups is 1. The smallest absolute Gasteiger partial charge is 0.387 e. The second kappa shape index (κ2) is 8.33. The van der Waals surface area contributed by atoms with Gasteiger partial charge in [-0.15, -0.1) is 5.10 Å². The Bertz CT molecular complexity index is 960. The van der Waals surface area contributed by atoms with Crippen molar-refractivity contribution >= 4 is 11.6 Å². The van der Waals surface area contributed by atoms with Gasteiger partial charge in [-0.3, -0.25) is 4.79 Å². The number of hydrogen-bond acceptors (Lipinski definition) is 6. The summed E-state index contributed by atoms with van der Waals surface area (Å²) in [4.78, 5) is 16.4. The van der Waals surface area contributed by atoms with Gasteiger partial charge < -0.3 is 19.5 Å². The van der Waals surface area contributed by atoms with Gasteiger partial charge in [0.05, 0.1) is 25.6 Å². The van der Waals surface area contributed by atoms with E-state index in [2.05, 4.69) is 20.1 Å². The molecule has 0 saturated carbocycles. The van der Waals surface area contributed by atoms with Crippen molar-refractivity contribution in [1.29, 1.82) is 0 Å². The SMILES string of the molecule is COc1ccc(NC(=O)c2ncn(-c3ccc(OC(F)F)cc3)n2)c(OC)c1. The molecule has 0 aliphatic rings. The zero-order chi connectivity index (χ0) is 20.1. The van der Waals surface area contributed by atoms with E-state index in [9.17, 15) is 13.6 Å². The minimum absolute atomic E-state index is 0.0171. The minimum Gasteiger partial charge on any atom is -0.497 e. The summed E-state index contributed by atoms with van der Waals surface area (Å²) in [6, 6.07) is 10.7. The lowest BCUT2D eigenvalue weighted by molar-refractivity contribution is -0.0498. The maximum atomic E-state index is 12.4. The molecule has 0 radical (unpaired) electrons. The number of aromatic nitrogens is 3. The Balaban J connectivity index is 1.74. The largest absolute Gasteiger partial charge is 0.497 e. The third-order valence-corrected chi connectivity index (χ3v) is 3.68. The monoisotopic (exact) mass is 390 g/mol. The first-order valence-corrected chi connectivity index (χ1v) is 8.00. The highest BCUT2D eigenvalue weighted by Crippen LogP contribution is 2.29. The molecule has 0 fully saturated rings. The highest BCUT2D eigenvalue weighted by atomic mass is 19.3. The van der Waals surface area contributed by atoms with Crippen LogP contribution in [0.1, 0.15) is 10.6 Å². The predicted molar refractivity (Wildman–Crippen MR) is 95.5 cm³/mol. The predicted octanol–water partition coefficient (Wildman–Crippen LogP) is 3.14. The molecule has 8 nitrogen and oxygen atoms in total. The van der Waals surface area contributed by atoms with E-state index < -0.39 is 12.5 Å². The minimum atomic E-state index is -2.90. The molecule has 0 atom stereocenters. The molecule has 0 spiro atoms. The van der Waals surface area contributed by atoms with Crippen molar-refractivity contribution in [2.24, 2.45) is 0 Å². The van der Waals surface area contributed by atoms with Gasteiger partial charge in [0.2, 0.25) is 5.82 Å². The van der Waals surface area contributed by atoms with E-state index in [0.29, 0.717) is 22.9 Å². The maximum Gasteiger partial charge on any atom is 0.387 e. The molecular formula is C18H16F2N4O4. The second-order valence-electron chi connectivity index (χ2n) is 5.41. The average Bonchev–Trinajstić information content (AvgIpc) is 3.18. The van der Waals surface area contributed by atoms with Crippen LogP contribution in [0, 0.1) is 0 Å². The van der Waals surface area contributed by atoms with E-state index in [-0.39, 0.29) is 11.6 Å². The summed E-state index contributed by atoms with van der Waals surface area (Å²) in [6.07, 6.45) is 1.34. The van der Waals surface area contributed by atoms with Crippen molar-refractivity contribution in [3.63, 3.8) is 0 Å². The molecule has 3 rings (SSSR count). The van der Waals surface area contributed by atoms with Crippen molar-refractivity contribution < 1.29 is 27.8 Å². The van der Waals surface area contributed by atoms with Crippen LogP contribution in [0.2, 0.25) is 0 Å². The van der Waals surface area contributed by atoms with Crippen molar-refractivity contribution in [2.75, 3.05) is 19.5 Å². The number of carbonyl (C=O) groups excluding carboxylic acids is 1. The summed E-state index contributed by atoms with van der Waals surface area (Å²) in [7, 11) is 2.99. The highest BCUT2D eigenvalue weighted by Gasteiger charge is 2.15.